The van der Waals surface area contributed by atoms with Crippen LogP contribution < -0.4 is 5.32 Å². The fraction of sp³-hybridized carbons (Fsp3) is 0.348. The van der Waals surface area contributed by atoms with E-state index in [0.717, 1.165) is 28.4 Å². The first-order valence-electron chi connectivity index (χ1n) is 10.0. The van der Waals surface area contributed by atoms with Crippen LogP contribution in [0.2, 0.25) is 0 Å². The van der Waals surface area contributed by atoms with Gasteiger partial charge in [0.2, 0.25) is 5.91 Å². The molecule has 3 rings (SSSR count). The van der Waals surface area contributed by atoms with E-state index in [9.17, 15) is 9.59 Å². The molecule has 1 N–H and O–H groups in total. The van der Waals surface area contributed by atoms with Crippen LogP contribution >= 0.6 is 11.8 Å². The van der Waals surface area contributed by atoms with E-state index >= 15 is 0 Å². The smallest absolute Gasteiger partial charge is 0.247 e. The number of rotatable bonds is 9. The summed E-state index contributed by atoms with van der Waals surface area (Å²) in [5, 5.41) is 3.81. The molecule has 0 bridgehead atoms. The maximum Gasteiger partial charge on any atom is 0.247 e. The first-order chi connectivity index (χ1) is 14.0. The van der Waals surface area contributed by atoms with Crippen LogP contribution in [0.1, 0.15) is 56.4 Å². The van der Waals surface area contributed by atoms with Gasteiger partial charge in [0.05, 0.1) is 11.0 Å². The first-order valence-corrected chi connectivity index (χ1v) is 11.0. The monoisotopic (exact) mass is 409 g/mol. The SMILES string of the molecule is CCCCCSc1nc2ccccc2n1C(C)C(=O)Nc1cccc(C(C)=O)c1. The summed E-state index contributed by atoms with van der Waals surface area (Å²) in [5.74, 6) is 0.816. The van der Waals surface area contributed by atoms with Gasteiger partial charge >= 0.3 is 0 Å². The molecule has 1 unspecified atom stereocenters. The first kappa shape index (κ1) is 21.1. The topological polar surface area (TPSA) is 64.0 Å². The maximum atomic E-state index is 13.0. The molecule has 1 heterocycles. The van der Waals surface area contributed by atoms with Crippen molar-refractivity contribution in [1.29, 1.82) is 0 Å². The molecule has 0 aliphatic heterocycles. The van der Waals surface area contributed by atoms with Crippen LogP contribution in [0.25, 0.3) is 11.0 Å². The highest BCUT2D eigenvalue weighted by Gasteiger charge is 2.22. The number of Topliss-reactive ketones (excluding diaryl/α,β-unsaturated/α-hetero) is 1. The third-order valence-corrected chi connectivity index (χ3v) is 5.88. The molecule has 1 atom stereocenters. The van der Waals surface area contributed by atoms with Gasteiger partial charge in [-0.1, -0.05) is 55.8 Å². The standard InChI is InChI=1S/C23H27N3O2S/c1-4-5-8-14-29-23-25-20-12-6-7-13-21(20)26(23)16(2)22(28)24-19-11-9-10-18(15-19)17(3)27/h6-7,9-13,15-16H,4-5,8,14H2,1-3H3,(H,24,28). The number of unbranched alkanes of at least 4 members (excludes halogenated alkanes) is 2. The van der Waals surface area contributed by atoms with Gasteiger partial charge in [0.1, 0.15) is 6.04 Å². The molecule has 29 heavy (non-hydrogen) atoms. The number of aromatic nitrogens is 2. The lowest BCUT2D eigenvalue weighted by Crippen LogP contribution is -2.24. The average Bonchev–Trinajstić information content (AvgIpc) is 3.09. The Bertz CT molecular complexity index is 1010. The molecule has 0 aliphatic rings. The highest BCUT2D eigenvalue weighted by molar-refractivity contribution is 7.99. The summed E-state index contributed by atoms with van der Waals surface area (Å²) in [4.78, 5) is 29.4. The number of nitrogens with zero attached hydrogens (tertiary/aromatic N) is 2. The molecular formula is C23H27N3O2S. The summed E-state index contributed by atoms with van der Waals surface area (Å²) in [6, 6.07) is 14.5. The second-order valence-corrected chi connectivity index (χ2v) is 8.17. The number of fused-ring (bicyclic) bond motifs is 1. The van der Waals surface area contributed by atoms with E-state index in [1.54, 1.807) is 36.0 Å². The Morgan fingerprint density at radius 1 is 1.14 bits per heavy atom. The zero-order chi connectivity index (χ0) is 20.8. The number of carbonyl (C=O) groups is 2. The molecule has 1 aromatic heterocycles. The van der Waals surface area contributed by atoms with Crippen molar-refractivity contribution in [3.05, 3.63) is 54.1 Å². The fourth-order valence-corrected chi connectivity index (χ4v) is 4.28. The summed E-state index contributed by atoms with van der Waals surface area (Å²) in [6.07, 6.45) is 3.49. The fourth-order valence-electron chi connectivity index (χ4n) is 3.19. The second-order valence-electron chi connectivity index (χ2n) is 7.11. The molecule has 0 aliphatic carbocycles. The van der Waals surface area contributed by atoms with E-state index in [1.165, 1.54) is 19.8 Å². The van der Waals surface area contributed by atoms with Crippen LogP contribution in [0.5, 0.6) is 0 Å². The zero-order valence-electron chi connectivity index (χ0n) is 17.1. The van der Waals surface area contributed by atoms with Crippen LogP contribution in [0.3, 0.4) is 0 Å². The van der Waals surface area contributed by atoms with Crippen molar-refractivity contribution in [2.45, 2.75) is 51.2 Å². The number of para-hydroxylation sites is 2. The summed E-state index contributed by atoms with van der Waals surface area (Å²) in [5.41, 5.74) is 3.04. The Balaban J connectivity index is 1.85. The predicted molar refractivity (Wildman–Crippen MR) is 120 cm³/mol. The average molecular weight is 410 g/mol. The van der Waals surface area contributed by atoms with Crippen molar-refractivity contribution in [2.24, 2.45) is 0 Å². The minimum atomic E-state index is -0.433. The normalized spacial score (nSPS) is 12.1. The van der Waals surface area contributed by atoms with Crippen molar-refractivity contribution in [3.8, 4) is 0 Å². The Morgan fingerprint density at radius 3 is 2.69 bits per heavy atom. The third-order valence-electron chi connectivity index (χ3n) is 4.85. The minimum absolute atomic E-state index is 0.0273. The molecule has 2 aromatic carbocycles. The molecular weight excluding hydrogens is 382 g/mol. The number of amides is 1. The quantitative estimate of drug-likeness (QED) is 0.279. The number of ketones is 1. The number of imidazole rings is 1. The predicted octanol–water partition coefficient (Wildman–Crippen LogP) is 5.72. The van der Waals surface area contributed by atoms with E-state index < -0.39 is 6.04 Å². The number of anilines is 1. The molecule has 0 fully saturated rings. The van der Waals surface area contributed by atoms with Gasteiger partial charge in [0.25, 0.3) is 0 Å². The lowest BCUT2D eigenvalue weighted by Gasteiger charge is -2.17. The molecule has 6 heteroatoms. The largest absolute Gasteiger partial charge is 0.324 e. The highest BCUT2D eigenvalue weighted by atomic mass is 32.2. The van der Waals surface area contributed by atoms with E-state index in [4.69, 9.17) is 4.98 Å². The zero-order valence-corrected chi connectivity index (χ0v) is 18.0. The number of nitrogens with one attached hydrogen (secondary N) is 1. The number of thioether (sulfide) groups is 1. The summed E-state index contributed by atoms with van der Waals surface area (Å²) >= 11 is 1.70. The van der Waals surface area contributed by atoms with Crippen molar-refractivity contribution >= 4 is 40.2 Å². The Labute approximate surface area is 175 Å². The molecule has 0 saturated heterocycles. The minimum Gasteiger partial charge on any atom is -0.324 e. The molecule has 1 amide bonds. The Hall–Kier alpha value is -2.60. The third kappa shape index (κ3) is 5.07. The van der Waals surface area contributed by atoms with Crippen LogP contribution in [0, 0.1) is 0 Å². The summed E-state index contributed by atoms with van der Waals surface area (Å²) in [6.45, 7) is 5.59. The van der Waals surface area contributed by atoms with Crippen molar-refractivity contribution in [1.82, 2.24) is 9.55 Å². The van der Waals surface area contributed by atoms with Crippen molar-refractivity contribution < 1.29 is 9.59 Å². The lowest BCUT2D eigenvalue weighted by atomic mass is 10.1. The highest BCUT2D eigenvalue weighted by Crippen LogP contribution is 2.29. The molecule has 3 aromatic rings. The van der Waals surface area contributed by atoms with Crippen molar-refractivity contribution in [2.75, 3.05) is 11.1 Å². The molecule has 152 valence electrons. The van der Waals surface area contributed by atoms with Gasteiger partial charge in [0, 0.05) is 17.0 Å². The Kier molecular flexibility index (Phi) is 7.09. The molecule has 0 radical (unpaired) electrons. The van der Waals surface area contributed by atoms with Gasteiger partial charge in [-0.3, -0.25) is 9.59 Å². The molecule has 5 nitrogen and oxygen atoms in total. The second kappa shape index (κ2) is 9.74. The van der Waals surface area contributed by atoms with Crippen LogP contribution in [0.4, 0.5) is 5.69 Å². The summed E-state index contributed by atoms with van der Waals surface area (Å²) in [7, 11) is 0. The number of benzene rings is 2. The lowest BCUT2D eigenvalue weighted by molar-refractivity contribution is -0.118. The number of hydrogen-bond acceptors (Lipinski definition) is 4. The van der Waals surface area contributed by atoms with Gasteiger partial charge in [-0.05, 0) is 44.5 Å². The van der Waals surface area contributed by atoms with Gasteiger partial charge < -0.3 is 9.88 Å². The van der Waals surface area contributed by atoms with Crippen LogP contribution in [0.15, 0.2) is 53.7 Å². The Morgan fingerprint density at radius 2 is 1.93 bits per heavy atom. The van der Waals surface area contributed by atoms with Gasteiger partial charge in [-0.2, -0.15) is 0 Å². The van der Waals surface area contributed by atoms with E-state index in [1.807, 2.05) is 35.8 Å². The number of hydrogen-bond donors (Lipinski definition) is 1. The van der Waals surface area contributed by atoms with Crippen LogP contribution in [-0.4, -0.2) is 27.0 Å². The molecule has 0 spiro atoms. The van der Waals surface area contributed by atoms with Gasteiger partial charge in [-0.25, -0.2) is 4.98 Å². The van der Waals surface area contributed by atoms with E-state index in [-0.39, 0.29) is 11.7 Å². The van der Waals surface area contributed by atoms with Gasteiger partial charge in [0.15, 0.2) is 10.9 Å². The van der Waals surface area contributed by atoms with E-state index in [2.05, 4.69) is 12.2 Å². The van der Waals surface area contributed by atoms with Crippen LogP contribution in [-0.2, 0) is 4.79 Å². The molecule has 0 saturated carbocycles. The van der Waals surface area contributed by atoms with Gasteiger partial charge in [-0.15, -0.1) is 0 Å². The maximum absolute atomic E-state index is 13.0. The number of carbonyl (C=O) groups excluding carboxylic acids is 2. The summed E-state index contributed by atoms with van der Waals surface area (Å²) < 4.78 is 2.01. The van der Waals surface area contributed by atoms with Crippen molar-refractivity contribution in [3.63, 3.8) is 0 Å². The van der Waals surface area contributed by atoms with E-state index in [0.29, 0.717) is 11.3 Å².